The first-order valence-electron chi connectivity index (χ1n) is 19.8. The zero-order valence-corrected chi connectivity index (χ0v) is 36.8. The van der Waals surface area contributed by atoms with Crippen molar-refractivity contribution < 1.29 is 39.6 Å². The zero-order chi connectivity index (χ0) is 43.3. The number of carbonyl (C=O) groups is 4. The maximum atomic E-state index is 15.6. The second-order valence-electron chi connectivity index (χ2n) is 22.2. The summed E-state index contributed by atoms with van der Waals surface area (Å²) in [5, 5.41) is 62.7. The molecule has 0 radical (unpaired) electrons. The number of hydrogen-bond donors (Lipinski definition) is 8. The first-order valence-corrected chi connectivity index (χ1v) is 19.8. The third-order valence-electron chi connectivity index (χ3n) is 11.9. The minimum absolute atomic E-state index is 0.0298. The number of hydrogen-bond acceptors (Lipinski definition) is 8. The van der Waals surface area contributed by atoms with Gasteiger partial charge in [0.25, 0.3) is 0 Å². The fourth-order valence-electron chi connectivity index (χ4n) is 12.2. The van der Waals surface area contributed by atoms with Crippen LogP contribution in [0.5, 0.6) is 0 Å². The summed E-state index contributed by atoms with van der Waals surface area (Å²) in [4.78, 5) is 59.8. The van der Waals surface area contributed by atoms with Crippen LogP contribution in [0.2, 0.25) is 0 Å². The summed E-state index contributed by atoms with van der Waals surface area (Å²) in [6, 6.07) is 0. The summed E-state index contributed by atoms with van der Waals surface area (Å²) in [6.07, 6.45) is 5.58. The van der Waals surface area contributed by atoms with Gasteiger partial charge in [-0.15, -0.1) is 0 Å². The van der Waals surface area contributed by atoms with Gasteiger partial charge >= 0.3 is 23.9 Å². The molecule has 4 aliphatic rings. The van der Waals surface area contributed by atoms with Gasteiger partial charge in [-0.3, -0.25) is 19.2 Å². The Balaban J connectivity index is 2.58. The lowest BCUT2D eigenvalue weighted by Gasteiger charge is -2.62. The van der Waals surface area contributed by atoms with E-state index in [9.17, 15) is 25.2 Å². The zero-order valence-electron chi connectivity index (χ0n) is 36.8. The predicted molar refractivity (Wildman–Crippen MR) is 218 cm³/mol. The Morgan fingerprint density at radius 1 is 0.464 bits per heavy atom. The summed E-state index contributed by atoms with van der Waals surface area (Å²) < 4.78 is 0. The van der Waals surface area contributed by atoms with Gasteiger partial charge in [0.2, 0.25) is 0 Å². The van der Waals surface area contributed by atoms with Gasteiger partial charge in [-0.1, -0.05) is 35.5 Å². The molecule has 4 heterocycles. The molecule has 0 aromatic carbocycles. The van der Waals surface area contributed by atoms with Crippen molar-refractivity contribution in [2.75, 3.05) is 0 Å². The third kappa shape index (κ3) is 7.92. The minimum Gasteiger partial charge on any atom is -0.481 e. The van der Waals surface area contributed by atoms with Crippen molar-refractivity contribution >= 4 is 23.9 Å². The smallest absolute Gasteiger partial charge is 0.319 e. The Bertz CT molecular complexity index is 1780. The van der Waals surface area contributed by atoms with E-state index in [0.717, 1.165) is 0 Å². The molecule has 0 aliphatic carbocycles. The highest BCUT2D eigenvalue weighted by Gasteiger charge is 2.80. The molecule has 0 fully saturated rings. The van der Waals surface area contributed by atoms with Crippen LogP contribution in [0.1, 0.15) is 143 Å². The molecule has 2 unspecified atom stereocenters. The van der Waals surface area contributed by atoms with Crippen molar-refractivity contribution in [1.82, 2.24) is 21.3 Å². The van der Waals surface area contributed by atoms with Crippen molar-refractivity contribution in [2.45, 2.75) is 187 Å². The largest absolute Gasteiger partial charge is 0.481 e. The maximum Gasteiger partial charge on any atom is 0.319 e. The molecule has 0 saturated heterocycles. The van der Waals surface area contributed by atoms with Crippen LogP contribution in [0, 0.1) is 16.2 Å². The summed E-state index contributed by atoms with van der Waals surface area (Å²) >= 11 is 0. The maximum absolute atomic E-state index is 15.6. The van der Waals surface area contributed by atoms with Crippen LogP contribution in [0.25, 0.3) is 0 Å². The van der Waals surface area contributed by atoms with Crippen molar-refractivity contribution in [3.8, 4) is 0 Å². The van der Waals surface area contributed by atoms with E-state index in [1.165, 1.54) is 0 Å². The van der Waals surface area contributed by atoms with E-state index < -0.39 is 90.9 Å². The molecular weight excluding hydrogens is 713 g/mol. The molecule has 12 nitrogen and oxygen atoms in total. The van der Waals surface area contributed by atoms with Crippen LogP contribution in [-0.2, 0) is 19.2 Å². The predicted octanol–water partition coefficient (Wildman–Crippen LogP) is 6.58. The number of nitrogens with one attached hydrogen (secondary N) is 4. The lowest BCUT2D eigenvalue weighted by atomic mass is 9.38. The van der Waals surface area contributed by atoms with Crippen LogP contribution in [0.3, 0.4) is 0 Å². The molecule has 0 spiro atoms. The molecule has 2 atom stereocenters. The van der Waals surface area contributed by atoms with Crippen LogP contribution >= 0.6 is 0 Å². The van der Waals surface area contributed by atoms with Gasteiger partial charge < -0.3 is 41.7 Å². The summed E-state index contributed by atoms with van der Waals surface area (Å²) in [7, 11) is 0. The fourth-order valence-corrected chi connectivity index (χ4v) is 12.2. The van der Waals surface area contributed by atoms with Crippen LogP contribution < -0.4 is 21.3 Å². The van der Waals surface area contributed by atoms with E-state index in [2.05, 4.69) is 21.3 Å². The van der Waals surface area contributed by atoms with Gasteiger partial charge in [0.05, 0.1) is 6.42 Å². The van der Waals surface area contributed by atoms with E-state index in [1.807, 2.05) is 111 Å². The number of carboxylic acid groups (broad SMARTS) is 4. The SMILES string of the molecule is CC1(C)C=C(C(CC(=O)O)(C(=O)O)C(C(=O)O)(C2=CC(C)(C)NC(C)(C)C2)C(C(=O)O)(C2=CC(C)(C)NC(C)(C)C2)C2=CC(C)(C)NC(C)(C)C2)CC(C)(C)N1. The second kappa shape index (κ2) is 13.4. The molecule has 12 heteroatoms. The molecule has 0 saturated carbocycles. The topological polar surface area (TPSA) is 197 Å². The van der Waals surface area contributed by atoms with Crippen molar-refractivity contribution in [1.29, 1.82) is 0 Å². The molecule has 0 aromatic heterocycles. The molecule has 314 valence electrons. The van der Waals surface area contributed by atoms with Crippen LogP contribution in [-0.4, -0.2) is 88.6 Å². The standard InChI is InChI=1S/C44H70N4O8/c1-34(2)17-26(18-35(3,4)45-34)42(31(51)52,25-30(49)50)44(33(55)56,29-23-40(13,14)48-41(15,16)24-29)43(32(53)54,27-19-36(5,6)46-37(7,8)20-27)28-21-38(9,10)47-39(11,12)22-28/h17,19,21,23,45-48H,18,20,22,24-25H2,1-16H3,(H,49,50)(H,51,52)(H,53,54)(H,55,56). The molecule has 4 rings (SSSR count). The van der Waals surface area contributed by atoms with E-state index in [-0.39, 0.29) is 48.0 Å². The second-order valence-corrected chi connectivity index (χ2v) is 22.2. The van der Waals surface area contributed by atoms with Crippen molar-refractivity contribution in [2.24, 2.45) is 16.2 Å². The molecule has 56 heavy (non-hydrogen) atoms. The Morgan fingerprint density at radius 2 is 0.750 bits per heavy atom. The van der Waals surface area contributed by atoms with E-state index in [4.69, 9.17) is 0 Å². The average molecular weight is 783 g/mol. The summed E-state index contributed by atoms with van der Waals surface area (Å²) in [5.74, 6) is -6.51. The molecule has 8 N–H and O–H groups in total. The molecule has 0 amide bonds. The first kappa shape index (κ1) is 45.4. The van der Waals surface area contributed by atoms with Crippen molar-refractivity contribution in [3.63, 3.8) is 0 Å². The van der Waals surface area contributed by atoms with Gasteiger partial charge in [-0.25, -0.2) is 0 Å². The number of rotatable bonds is 11. The third-order valence-corrected chi connectivity index (χ3v) is 11.9. The van der Waals surface area contributed by atoms with Crippen LogP contribution in [0.4, 0.5) is 0 Å². The summed E-state index contributed by atoms with van der Waals surface area (Å²) in [6.45, 7) is 30.0. The Hall–Kier alpha value is -3.32. The minimum atomic E-state index is -2.97. The van der Waals surface area contributed by atoms with Gasteiger partial charge in [-0.2, -0.15) is 0 Å². The summed E-state index contributed by atoms with van der Waals surface area (Å²) in [5.41, 5.74) is -14.9. The molecule has 0 bridgehead atoms. The highest BCUT2D eigenvalue weighted by atomic mass is 16.4. The fraction of sp³-hybridized carbons (Fsp3) is 0.727. The Labute approximate surface area is 334 Å². The van der Waals surface area contributed by atoms with Gasteiger partial charge in [0, 0.05) is 44.3 Å². The van der Waals surface area contributed by atoms with E-state index in [0.29, 0.717) is 0 Å². The monoisotopic (exact) mass is 783 g/mol. The van der Waals surface area contributed by atoms with Crippen LogP contribution in [0.15, 0.2) is 46.6 Å². The highest BCUT2D eigenvalue weighted by molar-refractivity contribution is 6.03. The van der Waals surface area contributed by atoms with E-state index >= 15 is 14.4 Å². The van der Waals surface area contributed by atoms with Gasteiger partial charge in [0.1, 0.15) is 16.2 Å². The Morgan fingerprint density at radius 3 is 1.02 bits per heavy atom. The quantitative estimate of drug-likeness (QED) is 0.105. The normalized spacial score (nSPS) is 27.8. The molecule has 4 aliphatic heterocycles. The number of carboxylic acids is 4. The van der Waals surface area contributed by atoms with Gasteiger partial charge in [-0.05, 0) is 148 Å². The average Bonchev–Trinajstić information content (AvgIpc) is 2.86. The van der Waals surface area contributed by atoms with E-state index in [1.54, 1.807) is 24.3 Å². The molecule has 0 aromatic rings. The molecular formula is C44H70N4O8. The van der Waals surface area contributed by atoms with Gasteiger partial charge in [0.15, 0.2) is 0 Å². The van der Waals surface area contributed by atoms with Crippen molar-refractivity contribution in [3.05, 3.63) is 46.6 Å². The Kier molecular flexibility index (Phi) is 10.8. The lowest BCUT2D eigenvalue weighted by Crippen LogP contribution is -2.72. The first-order chi connectivity index (χ1) is 24.8. The number of aliphatic carboxylic acids is 4. The highest BCUT2D eigenvalue weighted by Crippen LogP contribution is 2.71. The lowest BCUT2D eigenvalue weighted by molar-refractivity contribution is -0.187.